The molecule has 0 atom stereocenters. The van der Waals surface area contributed by atoms with Crippen molar-refractivity contribution in [2.45, 2.75) is 13.8 Å². The highest BCUT2D eigenvalue weighted by Gasteiger charge is 2.20. The molecule has 0 radical (unpaired) electrons. The average Bonchev–Trinajstić information content (AvgIpc) is 2.18. The number of hydrogen-bond acceptors (Lipinski definition) is 3. The molecule has 1 heterocycles. The average molecular weight is 220 g/mol. The second-order valence-electron chi connectivity index (χ2n) is 3.63. The standard InChI is InChI=1S/C11H9FN2O2/c1-6-5-9(12)11(14(15)16)8-4-3-7(2)13-10(6)8/h3-5H,1-2H3. The van der Waals surface area contributed by atoms with E-state index in [0.29, 0.717) is 11.1 Å². The van der Waals surface area contributed by atoms with Crippen molar-refractivity contribution in [3.63, 3.8) is 0 Å². The van der Waals surface area contributed by atoms with E-state index in [1.165, 1.54) is 6.07 Å². The van der Waals surface area contributed by atoms with Gasteiger partial charge in [-0.05, 0) is 37.6 Å². The van der Waals surface area contributed by atoms with Gasteiger partial charge in [0.25, 0.3) is 0 Å². The monoisotopic (exact) mass is 220 g/mol. The number of nitrogens with zero attached hydrogens (tertiary/aromatic N) is 2. The van der Waals surface area contributed by atoms with Crippen molar-refractivity contribution < 1.29 is 9.31 Å². The zero-order chi connectivity index (χ0) is 11.9. The van der Waals surface area contributed by atoms with E-state index < -0.39 is 16.4 Å². The first kappa shape index (κ1) is 10.5. The molecule has 16 heavy (non-hydrogen) atoms. The Balaban J connectivity index is 2.95. The van der Waals surface area contributed by atoms with Crippen LogP contribution in [-0.4, -0.2) is 9.91 Å². The van der Waals surface area contributed by atoms with Crippen molar-refractivity contribution in [2.75, 3.05) is 0 Å². The SMILES string of the molecule is Cc1ccc2c([N+](=O)[O-])c(F)cc(C)c2n1. The number of fused-ring (bicyclic) bond motifs is 1. The lowest BCUT2D eigenvalue weighted by Crippen LogP contribution is -1.97. The Labute approximate surface area is 90.9 Å². The first-order valence-corrected chi connectivity index (χ1v) is 4.71. The van der Waals surface area contributed by atoms with Crippen LogP contribution >= 0.6 is 0 Å². The highest BCUT2D eigenvalue weighted by Crippen LogP contribution is 2.30. The van der Waals surface area contributed by atoms with E-state index in [1.54, 1.807) is 19.9 Å². The maximum Gasteiger partial charge on any atom is 0.314 e. The number of aromatic nitrogens is 1. The molecule has 0 aliphatic rings. The van der Waals surface area contributed by atoms with Gasteiger partial charge in [0, 0.05) is 5.69 Å². The smallest absolute Gasteiger partial charge is 0.258 e. The highest BCUT2D eigenvalue weighted by molar-refractivity contribution is 5.90. The molecule has 2 rings (SSSR count). The molecule has 0 amide bonds. The van der Waals surface area contributed by atoms with Gasteiger partial charge in [-0.1, -0.05) is 0 Å². The molecule has 5 heteroatoms. The zero-order valence-electron chi connectivity index (χ0n) is 8.82. The minimum absolute atomic E-state index is 0.244. The third kappa shape index (κ3) is 1.50. The molecular formula is C11H9FN2O2. The fraction of sp³-hybridized carbons (Fsp3) is 0.182. The van der Waals surface area contributed by atoms with Gasteiger partial charge in [-0.25, -0.2) is 0 Å². The summed E-state index contributed by atoms with van der Waals surface area (Å²) in [5.41, 5.74) is 1.32. The molecule has 0 aliphatic heterocycles. The van der Waals surface area contributed by atoms with E-state index in [2.05, 4.69) is 4.98 Å². The molecule has 1 aromatic heterocycles. The zero-order valence-corrected chi connectivity index (χ0v) is 8.82. The number of nitro groups is 1. The fourth-order valence-corrected chi connectivity index (χ4v) is 1.69. The summed E-state index contributed by atoms with van der Waals surface area (Å²) in [6.07, 6.45) is 0. The summed E-state index contributed by atoms with van der Waals surface area (Å²) >= 11 is 0. The second kappa shape index (κ2) is 3.52. The van der Waals surface area contributed by atoms with E-state index in [9.17, 15) is 14.5 Å². The predicted octanol–water partition coefficient (Wildman–Crippen LogP) is 2.90. The molecule has 0 saturated heterocycles. The summed E-state index contributed by atoms with van der Waals surface area (Å²) in [5, 5.41) is 11.0. The van der Waals surface area contributed by atoms with E-state index in [1.807, 2.05) is 0 Å². The maximum atomic E-state index is 13.5. The Morgan fingerprint density at radius 2 is 2.06 bits per heavy atom. The molecule has 82 valence electrons. The molecule has 0 bridgehead atoms. The van der Waals surface area contributed by atoms with E-state index in [-0.39, 0.29) is 5.39 Å². The number of halogens is 1. The summed E-state index contributed by atoms with van der Waals surface area (Å²) in [6, 6.07) is 4.31. The minimum Gasteiger partial charge on any atom is -0.258 e. The van der Waals surface area contributed by atoms with Crippen LogP contribution in [0.5, 0.6) is 0 Å². The lowest BCUT2D eigenvalue weighted by Gasteiger charge is -2.04. The van der Waals surface area contributed by atoms with E-state index >= 15 is 0 Å². The van der Waals surface area contributed by atoms with Gasteiger partial charge in [-0.3, -0.25) is 15.1 Å². The molecule has 0 fully saturated rings. The van der Waals surface area contributed by atoms with Crippen LogP contribution in [0.2, 0.25) is 0 Å². The maximum absolute atomic E-state index is 13.5. The van der Waals surface area contributed by atoms with Crippen molar-refractivity contribution in [2.24, 2.45) is 0 Å². The van der Waals surface area contributed by atoms with Crippen LogP contribution in [0, 0.1) is 29.8 Å². The lowest BCUT2D eigenvalue weighted by molar-refractivity contribution is -0.385. The Morgan fingerprint density at radius 3 is 2.69 bits per heavy atom. The molecule has 0 N–H and O–H groups in total. The van der Waals surface area contributed by atoms with Gasteiger partial charge >= 0.3 is 5.69 Å². The van der Waals surface area contributed by atoms with Crippen LogP contribution in [0.1, 0.15) is 11.3 Å². The third-order valence-electron chi connectivity index (χ3n) is 2.42. The first-order chi connectivity index (χ1) is 7.50. The summed E-state index contributed by atoms with van der Waals surface area (Å²) in [7, 11) is 0. The third-order valence-corrected chi connectivity index (χ3v) is 2.42. The number of rotatable bonds is 1. The van der Waals surface area contributed by atoms with Crippen molar-refractivity contribution in [3.05, 3.63) is 45.4 Å². The van der Waals surface area contributed by atoms with Gasteiger partial charge in [-0.15, -0.1) is 0 Å². The molecule has 2 aromatic rings. The number of nitro benzene ring substituents is 1. The van der Waals surface area contributed by atoms with Crippen LogP contribution in [-0.2, 0) is 0 Å². The number of aryl methyl sites for hydroxylation is 2. The van der Waals surface area contributed by atoms with E-state index in [4.69, 9.17) is 0 Å². The molecule has 0 aliphatic carbocycles. The summed E-state index contributed by atoms with van der Waals surface area (Å²) in [4.78, 5) is 14.2. The highest BCUT2D eigenvalue weighted by atomic mass is 19.1. The number of benzene rings is 1. The Morgan fingerprint density at radius 1 is 1.38 bits per heavy atom. The molecule has 4 nitrogen and oxygen atoms in total. The predicted molar refractivity (Wildman–Crippen MR) is 57.8 cm³/mol. The van der Waals surface area contributed by atoms with Gasteiger partial charge in [0.2, 0.25) is 5.82 Å². The van der Waals surface area contributed by atoms with Gasteiger partial charge in [0.15, 0.2) is 0 Å². The normalized spacial score (nSPS) is 10.7. The van der Waals surface area contributed by atoms with Gasteiger partial charge in [0.1, 0.15) is 0 Å². The van der Waals surface area contributed by atoms with Gasteiger partial charge < -0.3 is 0 Å². The minimum atomic E-state index is -0.819. The quantitative estimate of drug-likeness (QED) is 0.548. The largest absolute Gasteiger partial charge is 0.314 e. The van der Waals surface area contributed by atoms with Gasteiger partial charge in [-0.2, -0.15) is 4.39 Å². The summed E-state index contributed by atoms with van der Waals surface area (Å²) in [5.74, 6) is -0.819. The van der Waals surface area contributed by atoms with Crippen LogP contribution < -0.4 is 0 Å². The van der Waals surface area contributed by atoms with Crippen molar-refractivity contribution in [1.29, 1.82) is 0 Å². The summed E-state index contributed by atoms with van der Waals surface area (Å²) in [6.45, 7) is 3.47. The molecule has 0 unspecified atom stereocenters. The molecule has 0 saturated carbocycles. The second-order valence-corrected chi connectivity index (χ2v) is 3.63. The van der Waals surface area contributed by atoms with Crippen LogP contribution in [0.3, 0.4) is 0 Å². The van der Waals surface area contributed by atoms with Crippen LogP contribution in [0.15, 0.2) is 18.2 Å². The Kier molecular flexibility index (Phi) is 2.30. The van der Waals surface area contributed by atoms with Crippen molar-refractivity contribution >= 4 is 16.6 Å². The lowest BCUT2D eigenvalue weighted by atomic mass is 10.1. The fourth-order valence-electron chi connectivity index (χ4n) is 1.69. The number of hydrogen-bond donors (Lipinski definition) is 0. The van der Waals surface area contributed by atoms with Crippen LogP contribution in [0.25, 0.3) is 10.9 Å². The van der Waals surface area contributed by atoms with Crippen molar-refractivity contribution in [3.8, 4) is 0 Å². The Hall–Kier alpha value is -2.04. The van der Waals surface area contributed by atoms with Crippen LogP contribution in [0.4, 0.5) is 10.1 Å². The first-order valence-electron chi connectivity index (χ1n) is 4.71. The summed E-state index contributed by atoms with van der Waals surface area (Å²) < 4.78 is 13.5. The number of pyridine rings is 1. The van der Waals surface area contributed by atoms with Gasteiger partial charge in [0.05, 0.1) is 15.8 Å². The Bertz CT molecular complexity index is 596. The van der Waals surface area contributed by atoms with Crippen molar-refractivity contribution in [1.82, 2.24) is 4.98 Å². The topological polar surface area (TPSA) is 56.0 Å². The van der Waals surface area contributed by atoms with E-state index in [0.717, 1.165) is 11.8 Å². The molecule has 0 spiro atoms. The molecular weight excluding hydrogens is 211 g/mol. The molecule has 1 aromatic carbocycles.